The first-order valence-corrected chi connectivity index (χ1v) is 7.06. The van der Waals surface area contributed by atoms with Crippen molar-refractivity contribution in [3.8, 4) is 16.9 Å². The molecule has 0 aliphatic rings. The summed E-state index contributed by atoms with van der Waals surface area (Å²) in [5.74, 6) is 0. The zero-order valence-electron chi connectivity index (χ0n) is 11.6. The fraction of sp³-hybridized carbons (Fsp3) is 0.125. The molecule has 0 fully saturated rings. The molecule has 0 spiro atoms. The summed E-state index contributed by atoms with van der Waals surface area (Å²) in [6.45, 7) is 1.91. The van der Waals surface area contributed by atoms with Gasteiger partial charge >= 0.3 is 0 Å². The number of halogens is 1. The highest BCUT2D eigenvalue weighted by atomic mass is 35.5. The minimum atomic E-state index is -0.0938. The fourth-order valence-electron chi connectivity index (χ4n) is 2.25. The van der Waals surface area contributed by atoms with E-state index in [1.165, 1.54) is 0 Å². The van der Waals surface area contributed by atoms with Crippen molar-refractivity contribution in [2.45, 2.75) is 13.0 Å². The van der Waals surface area contributed by atoms with Gasteiger partial charge in [-0.25, -0.2) is 4.68 Å². The number of rotatable bonds is 3. The van der Waals surface area contributed by atoms with Gasteiger partial charge in [0.15, 0.2) is 0 Å². The molecular weight excluding hydrogens is 284 g/mol. The van der Waals surface area contributed by atoms with Crippen LogP contribution in [0.15, 0.2) is 54.7 Å². The van der Waals surface area contributed by atoms with Crippen molar-refractivity contribution < 1.29 is 0 Å². The Kier molecular flexibility index (Phi) is 3.73. The number of hydrogen-bond acceptors (Lipinski definition) is 3. The number of para-hydroxylation sites is 1. The van der Waals surface area contributed by atoms with Gasteiger partial charge in [-0.3, -0.25) is 0 Å². The number of nitrogens with two attached hydrogens (primary N) is 1. The lowest BCUT2D eigenvalue weighted by molar-refractivity contribution is 0.806. The molecule has 5 heteroatoms. The molecule has 1 heterocycles. The SMILES string of the molecule is CC(N)c1ccc(-c2cnnn2-c2ccccc2)cc1Cl. The second-order valence-electron chi connectivity index (χ2n) is 4.89. The van der Waals surface area contributed by atoms with Gasteiger partial charge in [-0.05, 0) is 30.7 Å². The average Bonchev–Trinajstić information content (AvgIpc) is 2.97. The smallest absolute Gasteiger partial charge is 0.0944 e. The van der Waals surface area contributed by atoms with E-state index in [1.807, 2.05) is 55.5 Å². The molecule has 0 amide bonds. The van der Waals surface area contributed by atoms with Crippen LogP contribution in [0.4, 0.5) is 0 Å². The van der Waals surface area contributed by atoms with Crippen molar-refractivity contribution in [2.75, 3.05) is 0 Å². The van der Waals surface area contributed by atoms with Crippen LogP contribution in [0.3, 0.4) is 0 Å². The Bertz CT molecular complexity index is 750. The van der Waals surface area contributed by atoms with Crippen LogP contribution in [0.25, 0.3) is 16.9 Å². The number of aromatic nitrogens is 3. The van der Waals surface area contributed by atoms with Gasteiger partial charge in [0.05, 0.1) is 17.6 Å². The molecule has 0 radical (unpaired) electrons. The largest absolute Gasteiger partial charge is 0.324 e. The quantitative estimate of drug-likeness (QED) is 0.803. The van der Waals surface area contributed by atoms with Crippen molar-refractivity contribution in [3.63, 3.8) is 0 Å². The van der Waals surface area contributed by atoms with E-state index in [0.29, 0.717) is 5.02 Å². The Balaban J connectivity index is 2.07. The molecule has 0 saturated carbocycles. The maximum absolute atomic E-state index is 6.31. The molecule has 4 nitrogen and oxygen atoms in total. The minimum Gasteiger partial charge on any atom is -0.324 e. The zero-order valence-corrected chi connectivity index (χ0v) is 12.3. The van der Waals surface area contributed by atoms with E-state index in [0.717, 1.165) is 22.5 Å². The topological polar surface area (TPSA) is 56.7 Å². The Hall–Kier alpha value is -2.17. The van der Waals surface area contributed by atoms with E-state index >= 15 is 0 Å². The van der Waals surface area contributed by atoms with Crippen LogP contribution in [0.1, 0.15) is 18.5 Å². The Morgan fingerprint density at radius 1 is 1.14 bits per heavy atom. The van der Waals surface area contributed by atoms with Crippen molar-refractivity contribution in [1.29, 1.82) is 0 Å². The van der Waals surface area contributed by atoms with Crippen molar-refractivity contribution in [1.82, 2.24) is 15.0 Å². The lowest BCUT2D eigenvalue weighted by atomic mass is 10.1. The van der Waals surface area contributed by atoms with Crippen LogP contribution in [0, 0.1) is 0 Å². The lowest BCUT2D eigenvalue weighted by Gasteiger charge is -2.11. The van der Waals surface area contributed by atoms with Gasteiger partial charge in [0.1, 0.15) is 0 Å². The highest BCUT2D eigenvalue weighted by molar-refractivity contribution is 6.31. The van der Waals surface area contributed by atoms with E-state index in [1.54, 1.807) is 10.9 Å². The summed E-state index contributed by atoms with van der Waals surface area (Å²) in [5.41, 5.74) is 9.62. The van der Waals surface area contributed by atoms with Crippen molar-refractivity contribution in [2.24, 2.45) is 5.73 Å². The standard InChI is InChI=1S/C16H15ClN4/c1-11(18)14-8-7-12(9-15(14)17)16-10-19-20-21(16)13-5-3-2-4-6-13/h2-11H,18H2,1H3. The molecular formula is C16H15ClN4. The van der Waals surface area contributed by atoms with Crippen LogP contribution in [-0.2, 0) is 0 Å². The molecule has 2 aromatic carbocycles. The van der Waals surface area contributed by atoms with Gasteiger partial charge in [-0.15, -0.1) is 5.10 Å². The lowest BCUT2D eigenvalue weighted by Crippen LogP contribution is -2.05. The van der Waals surface area contributed by atoms with Crippen LogP contribution in [0.2, 0.25) is 5.02 Å². The van der Waals surface area contributed by atoms with Gasteiger partial charge < -0.3 is 5.73 Å². The summed E-state index contributed by atoms with van der Waals surface area (Å²) < 4.78 is 1.79. The zero-order chi connectivity index (χ0) is 14.8. The first kappa shape index (κ1) is 13.8. The predicted octanol–water partition coefficient (Wildman–Crippen LogP) is 3.61. The van der Waals surface area contributed by atoms with Crippen molar-refractivity contribution >= 4 is 11.6 Å². The summed E-state index contributed by atoms with van der Waals surface area (Å²) in [6, 6.07) is 15.6. The molecule has 106 valence electrons. The molecule has 1 unspecified atom stereocenters. The van der Waals surface area contributed by atoms with E-state index in [4.69, 9.17) is 17.3 Å². The second kappa shape index (κ2) is 5.68. The summed E-state index contributed by atoms with van der Waals surface area (Å²) >= 11 is 6.31. The first-order valence-electron chi connectivity index (χ1n) is 6.68. The van der Waals surface area contributed by atoms with Crippen LogP contribution >= 0.6 is 11.6 Å². The molecule has 2 N–H and O–H groups in total. The third-order valence-electron chi connectivity index (χ3n) is 3.34. The molecule has 0 saturated heterocycles. The van der Waals surface area contributed by atoms with Crippen LogP contribution < -0.4 is 5.73 Å². The monoisotopic (exact) mass is 298 g/mol. The average molecular weight is 299 g/mol. The third-order valence-corrected chi connectivity index (χ3v) is 3.66. The molecule has 0 bridgehead atoms. The fourth-order valence-corrected chi connectivity index (χ4v) is 2.60. The normalized spacial score (nSPS) is 12.3. The van der Waals surface area contributed by atoms with E-state index in [-0.39, 0.29) is 6.04 Å². The molecule has 0 aliphatic carbocycles. The summed E-state index contributed by atoms with van der Waals surface area (Å²) in [7, 11) is 0. The highest BCUT2D eigenvalue weighted by Gasteiger charge is 2.12. The maximum atomic E-state index is 6.31. The number of benzene rings is 2. The Labute approximate surface area is 128 Å². The van der Waals surface area contributed by atoms with Crippen LogP contribution in [-0.4, -0.2) is 15.0 Å². The van der Waals surface area contributed by atoms with Gasteiger partial charge in [-0.1, -0.05) is 47.1 Å². The molecule has 1 aromatic heterocycles. The molecule has 3 rings (SSSR count). The summed E-state index contributed by atoms with van der Waals surface area (Å²) in [4.78, 5) is 0. The molecule has 1 atom stereocenters. The molecule has 0 aliphatic heterocycles. The highest BCUT2D eigenvalue weighted by Crippen LogP contribution is 2.28. The van der Waals surface area contributed by atoms with Gasteiger partial charge in [0.2, 0.25) is 0 Å². The van der Waals surface area contributed by atoms with Gasteiger partial charge in [0.25, 0.3) is 0 Å². The van der Waals surface area contributed by atoms with Gasteiger partial charge in [0, 0.05) is 16.6 Å². The van der Waals surface area contributed by atoms with E-state index in [9.17, 15) is 0 Å². The van der Waals surface area contributed by atoms with Crippen molar-refractivity contribution in [3.05, 3.63) is 65.3 Å². The third kappa shape index (κ3) is 2.68. The maximum Gasteiger partial charge on any atom is 0.0944 e. The van der Waals surface area contributed by atoms with E-state index in [2.05, 4.69) is 10.3 Å². The Morgan fingerprint density at radius 3 is 2.57 bits per heavy atom. The van der Waals surface area contributed by atoms with E-state index < -0.39 is 0 Å². The van der Waals surface area contributed by atoms with Crippen LogP contribution in [0.5, 0.6) is 0 Å². The molecule has 21 heavy (non-hydrogen) atoms. The second-order valence-corrected chi connectivity index (χ2v) is 5.30. The Morgan fingerprint density at radius 2 is 1.90 bits per heavy atom. The minimum absolute atomic E-state index is 0.0938. The van der Waals surface area contributed by atoms with Gasteiger partial charge in [-0.2, -0.15) is 0 Å². The summed E-state index contributed by atoms with van der Waals surface area (Å²) in [6.07, 6.45) is 1.73. The summed E-state index contributed by atoms with van der Waals surface area (Å²) in [5, 5.41) is 8.81. The molecule has 3 aromatic rings. The number of nitrogens with zero attached hydrogens (tertiary/aromatic N) is 3. The first-order chi connectivity index (χ1) is 10.2. The number of hydrogen-bond donors (Lipinski definition) is 1. The predicted molar refractivity (Wildman–Crippen MR) is 84.4 cm³/mol.